The van der Waals surface area contributed by atoms with E-state index < -0.39 is 5.91 Å². The molecule has 0 aliphatic heterocycles. The van der Waals surface area contributed by atoms with Crippen LogP contribution < -0.4 is 15.6 Å². The van der Waals surface area contributed by atoms with Gasteiger partial charge in [0.05, 0.1) is 13.5 Å². The summed E-state index contributed by atoms with van der Waals surface area (Å²) >= 11 is 0. The molecule has 0 aliphatic rings. The third-order valence-electron chi connectivity index (χ3n) is 4.68. The SMILES string of the molecule is COc1ccc(CC(=O)NNC(=O)c2ccc(-c3nnc(-c4ccccc4)o3)cc2)cc1. The number of hydrogen-bond acceptors (Lipinski definition) is 6. The highest BCUT2D eigenvalue weighted by molar-refractivity contribution is 5.95. The monoisotopic (exact) mass is 428 g/mol. The van der Waals surface area contributed by atoms with Crippen LogP contribution in [0.25, 0.3) is 22.9 Å². The van der Waals surface area contributed by atoms with E-state index in [1.165, 1.54) is 0 Å². The first kappa shape index (κ1) is 20.8. The maximum atomic E-state index is 12.3. The van der Waals surface area contributed by atoms with Crippen LogP contribution in [0.15, 0.2) is 83.3 Å². The zero-order valence-electron chi connectivity index (χ0n) is 17.2. The summed E-state index contributed by atoms with van der Waals surface area (Å²) in [7, 11) is 1.58. The lowest BCUT2D eigenvalue weighted by atomic mass is 10.1. The van der Waals surface area contributed by atoms with Gasteiger partial charge in [-0.2, -0.15) is 0 Å². The summed E-state index contributed by atoms with van der Waals surface area (Å²) in [6, 6.07) is 23.2. The van der Waals surface area contributed by atoms with Gasteiger partial charge in [0, 0.05) is 16.7 Å². The lowest BCUT2D eigenvalue weighted by Crippen LogP contribution is -2.42. The predicted octanol–water partition coefficient (Wildman–Crippen LogP) is 3.42. The molecule has 1 aromatic heterocycles. The van der Waals surface area contributed by atoms with Crippen LogP contribution in [0.2, 0.25) is 0 Å². The summed E-state index contributed by atoms with van der Waals surface area (Å²) in [6.07, 6.45) is 0.129. The van der Waals surface area contributed by atoms with Gasteiger partial charge in [0.1, 0.15) is 5.75 Å². The summed E-state index contributed by atoms with van der Waals surface area (Å²) in [4.78, 5) is 24.4. The number of benzene rings is 3. The number of ether oxygens (including phenoxy) is 1. The van der Waals surface area contributed by atoms with Gasteiger partial charge in [0.2, 0.25) is 17.7 Å². The number of aromatic nitrogens is 2. The highest BCUT2D eigenvalue weighted by atomic mass is 16.5. The zero-order valence-corrected chi connectivity index (χ0v) is 17.2. The average Bonchev–Trinajstić information content (AvgIpc) is 3.34. The number of carbonyl (C=O) groups is 2. The molecule has 160 valence electrons. The Hall–Kier alpha value is -4.46. The molecule has 0 saturated heterocycles. The van der Waals surface area contributed by atoms with Gasteiger partial charge in [0.25, 0.3) is 5.91 Å². The molecule has 32 heavy (non-hydrogen) atoms. The van der Waals surface area contributed by atoms with Crippen LogP contribution in [0.3, 0.4) is 0 Å². The van der Waals surface area contributed by atoms with E-state index in [2.05, 4.69) is 21.0 Å². The fourth-order valence-corrected chi connectivity index (χ4v) is 2.97. The number of amides is 2. The Balaban J connectivity index is 1.33. The highest BCUT2D eigenvalue weighted by Crippen LogP contribution is 2.23. The van der Waals surface area contributed by atoms with Crippen LogP contribution in [0, 0.1) is 0 Å². The van der Waals surface area contributed by atoms with Gasteiger partial charge in [-0.15, -0.1) is 10.2 Å². The van der Waals surface area contributed by atoms with Crippen LogP contribution in [0.4, 0.5) is 0 Å². The second kappa shape index (κ2) is 9.57. The van der Waals surface area contributed by atoms with Crippen molar-refractivity contribution in [3.63, 3.8) is 0 Å². The number of carbonyl (C=O) groups excluding carboxylic acids is 2. The quantitative estimate of drug-likeness (QED) is 0.456. The van der Waals surface area contributed by atoms with Gasteiger partial charge in [-0.1, -0.05) is 30.3 Å². The highest BCUT2D eigenvalue weighted by Gasteiger charge is 2.12. The van der Waals surface area contributed by atoms with Crippen molar-refractivity contribution >= 4 is 11.8 Å². The summed E-state index contributed by atoms with van der Waals surface area (Å²) in [5, 5.41) is 8.13. The lowest BCUT2D eigenvalue weighted by molar-refractivity contribution is -0.121. The average molecular weight is 428 g/mol. The molecule has 1 heterocycles. The van der Waals surface area contributed by atoms with Gasteiger partial charge in [0.15, 0.2) is 0 Å². The van der Waals surface area contributed by atoms with Crippen molar-refractivity contribution in [2.24, 2.45) is 0 Å². The summed E-state index contributed by atoms with van der Waals surface area (Å²) in [5.74, 6) is 0.711. The molecule has 3 aromatic carbocycles. The second-order valence-electron chi connectivity index (χ2n) is 6.88. The maximum Gasteiger partial charge on any atom is 0.269 e. The van der Waals surface area contributed by atoms with Crippen molar-refractivity contribution in [1.82, 2.24) is 21.0 Å². The third-order valence-corrected chi connectivity index (χ3v) is 4.68. The zero-order chi connectivity index (χ0) is 22.3. The molecule has 4 aromatic rings. The molecule has 0 radical (unpaired) electrons. The Bertz CT molecular complexity index is 1200. The Morgan fingerprint density at radius 1 is 0.812 bits per heavy atom. The van der Waals surface area contributed by atoms with Crippen molar-refractivity contribution in [2.45, 2.75) is 6.42 Å². The fourth-order valence-electron chi connectivity index (χ4n) is 2.97. The van der Waals surface area contributed by atoms with E-state index in [9.17, 15) is 9.59 Å². The van der Waals surface area contributed by atoms with Crippen molar-refractivity contribution in [2.75, 3.05) is 7.11 Å². The second-order valence-corrected chi connectivity index (χ2v) is 6.88. The van der Waals surface area contributed by atoms with E-state index in [1.54, 1.807) is 55.6 Å². The van der Waals surface area contributed by atoms with E-state index in [4.69, 9.17) is 9.15 Å². The minimum absolute atomic E-state index is 0.129. The van der Waals surface area contributed by atoms with Gasteiger partial charge in [-0.3, -0.25) is 20.4 Å². The van der Waals surface area contributed by atoms with E-state index in [-0.39, 0.29) is 12.3 Å². The van der Waals surface area contributed by atoms with E-state index in [0.29, 0.717) is 28.7 Å². The van der Waals surface area contributed by atoms with Crippen LogP contribution >= 0.6 is 0 Å². The smallest absolute Gasteiger partial charge is 0.269 e. The molecule has 0 atom stereocenters. The van der Waals surface area contributed by atoms with Crippen LogP contribution in [-0.4, -0.2) is 29.1 Å². The molecule has 0 spiro atoms. The summed E-state index contributed by atoms with van der Waals surface area (Å²) < 4.78 is 10.8. The van der Waals surface area contributed by atoms with Crippen LogP contribution in [0.1, 0.15) is 15.9 Å². The van der Waals surface area contributed by atoms with E-state index in [0.717, 1.165) is 11.1 Å². The van der Waals surface area contributed by atoms with E-state index in [1.807, 2.05) is 30.3 Å². The molecular formula is C24H20N4O4. The first-order valence-corrected chi connectivity index (χ1v) is 9.84. The van der Waals surface area contributed by atoms with Gasteiger partial charge >= 0.3 is 0 Å². The lowest BCUT2D eigenvalue weighted by Gasteiger charge is -2.08. The molecule has 4 rings (SSSR count). The molecular weight excluding hydrogens is 408 g/mol. The Morgan fingerprint density at radius 3 is 2.06 bits per heavy atom. The number of hydrazine groups is 1. The maximum absolute atomic E-state index is 12.3. The molecule has 2 amide bonds. The molecule has 0 bridgehead atoms. The number of rotatable bonds is 6. The van der Waals surface area contributed by atoms with Crippen molar-refractivity contribution in [3.8, 4) is 28.7 Å². The summed E-state index contributed by atoms with van der Waals surface area (Å²) in [6.45, 7) is 0. The largest absolute Gasteiger partial charge is 0.497 e. The Labute approximate surface area is 184 Å². The molecule has 2 N–H and O–H groups in total. The number of methoxy groups -OCH3 is 1. The van der Waals surface area contributed by atoms with Crippen molar-refractivity contribution < 1.29 is 18.7 Å². The van der Waals surface area contributed by atoms with Crippen molar-refractivity contribution in [3.05, 3.63) is 90.0 Å². The first-order chi connectivity index (χ1) is 15.6. The summed E-state index contributed by atoms with van der Waals surface area (Å²) in [5.41, 5.74) is 7.51. The number of nitrogens with zero attached hydrogens (tertiary/aromatic N) is 2. The minimum Gasteiger partial charge on any atom is -0.497 e. The van der Waals surface area contributed by atoms with Gasteiger partial charge in [-0.05, 0) is 54.1 Å². The van der Waals surface area contributed by atoms with Gasteiger partial charge in [-0.25, -0.2) is 0 Å². The van der Waals surface area contributed by atoms with Crippen LogP contribution in [0.5, 0.6) is 5.75 Å². The molecule has 0 aliphatic carbocycles. The normalized spacial score (nSPS) is 10.4. The van der Waals surface area contributed by atoms with Crippen molar-refractivity contribution in [1.29, 1.82) is 0 Å². The standard InChI is InChI=1S/C24H20N4O4/c1-31-20-13-7-16(8-14-20)15-21(29)25-26-22(30)17-9-11-19(12-10-17)24-28-27-23(32-24)18-5-3-2-4-6-18/h2-14H,15H2,1H3,(H,25,29)(H,26,30). The van der Waals surface area contributed by atoms with Gasteiger partial charge < -0.3 is 9.15 Å². The number of hydrogen-bond donors (Lipinski definition) is 2. The molecule has 0 unspecified atom stereocenters. The predicted molar refractivity (Wildman–Crippen MR) is 117 cm³/mol. The molecule has 0 saturated carbocycles. The first-order valence-electron chi connectivity index (χ1n) is 9.84. The molecule has 0 fully saturated rings. The Kier molecular flexibility index (Phi) is 6.22. The fraction of sp³-hybridized carbons (Fsp3) is 0.0833. The third kappa shape index (κ3) is 4.99. The van der Waals surface area contributed by atoms with E-state index >= 15 is 0 Å². The topological polar surface area (TPSA) is 106 Å². The number of nitrogens with one attached hydrogen (secondary N) is 2. The molecule has 8 nitrogen and oxygen atoms in total. The minimum atomic E-state index is -0.435. The molecule has 8 heteroatoms. The Morgan fingerprint density at radius 2 is 1.44 bits per heavy atom. The van der Waals surface area contributed by atoms with Crippen LogP contribution in [-0.2, 0) is 11.2 Å².